The number of nitrogen functional groups attached to an aromatic ring is 1. The molecule has 3 N–H and O–H groups in total. The van der Waals surface area contributed by atoms with Crippen molar-refractivity contribution in [3.63, 3.8) is 0 Å². The van der Waals surface area contributed by atoms with Crippen LogP contribution in [-0.2, 0) is 11.2 Å². The SMILES string of the molecule is CN1CCCC(N(C)C(=O)c2ccc(NC(=O)CCc3ccccc3N)cc2)C1.Cl.Cl. The fraction of sp³-hybridized carbons (Fsp3) is 0.391. The first-order chi connectivity index (χ1) is 13.9. The minimum absolute atomic E-state index is 0. The molecule has 1 heterocycles. The number of likely N-dealkylation sites (N-methyl/N-ethyl adjacent to an activating group) is 2. The lowest BCUT2D eigenvalue weighted by atomic mass is 10.0. The molecule has 1 aliphatic heterocycles. The summed E-state index contributed by atoms with van der Waals surface area (Å²) in [4.78, 5) is 29.1. The summed E-state index contributed by atoms with van der Waals surface area (Å²) in [6, 6.07) is 14.9. The number of nitrogens with two attached hydrogens (primary N) is 1. The van der Waals surface area contributed by atoms with Crippen LogP contribution >= 0.6 is 24.8 Å². The number of nitrogens with one attached hydrogen (secondary N) is 1. The second kappa shape index (κ2) is 12.5. The maximum atomic E-state index is 12.8. The van der Waals surface area contributed by atoms with Crippen LogP contribution in [0.25, 0.3) is 0 Å². The number of anilines is 2. The molecule has 2 aromatic carbocycles. The Morgan fingerprint density at radius 2 is 1.81 bits per heavy atom. The molecule has 1 unspecified atom stereocenters. The zero-order valence-electron chi connectivity index (χ0n) is 18.0. The Kier molecular flexibility index (Phi) is 10.8. The van der Waals surface area contributed by atoms with Gasteiger partial charge in [-0.1, -0.05) is 18.2 Å². The van der Waals surface area contributed by atoms with Crippen LogP contribution < -0.4 is 11.1 Å². The lowest BCUT2D eigenvalue weighted by Crippen LogP contribution is -2.47. The first-order valence-corrected chi connectivity index (χ1v) is 10.1. The van der Waals surface area contributed by atoms with Crippen molar-refractivity contribution in [1.29, 1.82) is 0 Å². The van der Waals surface area contributed by atoms with E-state index in [1.165, 1.54) is 0 Å². The van der Waals surface area contributed by atoms with E-state index >= 15 is 0 Å². The Labute approximate surface area is 197 Å². The highest BCUT2D eigenvalue weighted by molar-refractivity contribution is 5.96. The van der Waals surface area contributed by atoms with Gasteiger partial charge in [0.05, 0.1) is 0 Å². The van der Waals surface area contributed by atoms with E-state index in [1.54, 1.807) is 24.3 Å². The number of para-hydroxylation sites is 1. The molecule has 0 spiro atoms. The van der Waals surface area contributed by atoms with Crippen LogP contribution in [0.1, 0.15) is 35.2 Å². The molecule has 2 aromatic rings. The molecule has 170 valence electrons. The van der Waals surface area contributed by atoms with Crippen LogP contribution in [0, 0.1) is 0 Å². The average molecular weight is 467 g/mol. The summed E-state index contributed by atoms with van der Waals surface area (Å²) in [6.07, 6.45) is 3.09. The van der Waals surface area contributed by atoms with Crippen molar-refractivity contribution < 1.29 is 9.59 Å². The number of piperidine rings is 1. The van der Waals surface area contributed by atoms with Crippen LogP contribution in [0.3, 0.4) is 0 Å². The molecule has 6 nitrogen and oxygen atoms in total. The predicted molar refractivity (Wildman–Crippen MR) is 131 cm³/mol. The first kappa shape index (κ1) is 26.8. The van der Waals surface area contributed by atoms with Gasteiger partial charge < -0.3 is 20.9 Å². The topological polar surface area (TPSA) is 78.7 Å². The van der Waals surface area contributed by atoms with Crippen molar-refractivity contribution in [3.05, 3.63) is 59.7 Å². The third-order valence-electron chi connectivity index (χ3n) is 5.56. The van der Waals surface area contributed by atoms with E-state index in [1.807, 2.05) is 36.2 Å². The highest BCUT2D eigenvalue weighted by Crippen LogP contribution is 2.18. The number of amides is 2. The van der Waals surface area contributed by atoms with Gasteiger partial charge in [-0.05, 0) is 68.8 Å². The summed E-state index contributed by atoms with van der Waals surface area (Å²) in [5.41, 5.74) is 8.92. The standard InChI is InChI=1S/C23H30N4O2.2ClH/c1-26-15-5-7-20(16-26)27(2)23(29)18-9-12-19(13-10-18)25-22(28)14-11-17-6-3-4-8-21(17)24;;/h3-4,6,8-10,12-13,20H,5,7,11,14-16,24H2,1-2H3,(H,25,28);2*1H. The molecule has 1 saturated heterocycles. The number of likely N-dealkylation sites (tertiary alicyclic amines) is 1. The van der Waals surface area contributed by atoms with Crippen LogP contribution in [0.2, 0.25) is 0 Å². The molecule has 0 radical (unpaired) electrons. The lowest BCUT2D eigenvalue weighted by Gasteiger charge is -2.35. The van der Waals surface area contributed by atoms with Gasteiger partial charge in [-0.15, -0.1) is 24.8 Å². The number of carbonyl (C=O) groups excluding carboxylic acids is 2. The Bertz CT molecular complexity index is 861. The Balaban J connectivity index is 0.00000240. The van der Waals surface area contributed by atoms with Gasteiger partial charge in [0.2, 0.25) is 5.91 Å². The molecular formula is C23H32Cl2N4O2. The molecule has 8 heteroatoms. The summed E-state index contributed by atoms with van der Waals surface area (Å²) in [6.45, 7) is 1.99. The van der Waals surface area contributed by atoms with Crippen molar-refractivity contribution in [3.8, 4) is 0 Å². The van der Waals surface area contributed by atoms with E-state index < -0.39 is 0 Å². The number of hydrogen-bond acceptors (Lipinski definition) is 4. The Morgan fingerprint density at radius 3 is 2.45 bits per heavy atom. The maximum absolute atomic E-state index is 12.8. The second-order valence-corrected chi connectivity index (χ2v) is 7.80. The van der Waals surface area contributed by atoms with E-state index in [9.17, 15) is 9.59 Å². The molecule has 1 fully saturated rings. The van der Waals surface area contributed by atoms with Gasteiger partial charge in [0.1, 0.15) is 0 Å². The number of rotatable bonds is 6. The first-order valence-electron chi connectivity index (χ1n) is 10.1. The monoisotopic (exact) mass is 466 g/mol. The van der Waals surface area contributed by atoms with E-state index in [4.69, 9.17) is 5.73 Å². The summed E-state index contributed by atoms with van der Waals surface area (Å²) < 4.78 is 0. The van der Waals surface area contributed by atoms with Gasteiger partial charge >= 0.3 is 0 Å². The van der Waals surface area contributed by atoms with Gasteiger partial charge in [-0.3, -0.25) is 9.59 Å². The minimum atomic E-state index is -0.0744. The Morgan fingerprint density at radius 1 is 1.13 bits per heavy atom. The van der Waals surface area contributed by atoms with Crippen LogP contribution in [0.5, 0.6) is 0 Å². The zero-order chi connectivity index (χ0) is 20.8. The number of halogens is 2. The van der Waals surface area contributed by atoms with Crippen molar-refractivity contribution in [2.24, 2.45) is 0 Å². The second-order valence-electron chi connectivity index (χ2n) is 7.80. The van der Waals surface area contributed by atoms with Crippen molar-refractivity contribution in [2.75, 3.05) is 38.2 Å². The van der Waals surface area contributed by atoms with E-state index in [0.29, 0.717) is 29.8 Å². The van der Waals surface area contributed by atoms with Gasteiger partial charge in [-0.25, -0.2) is 0 Å². The molecule has 0 saturated carbocycles. The molecule has 31 heavy (non-hydrogen) atoms. The lowest BCUT2D eigenvalue weighted by molar-refractivity contribution is -0.116. The number of nitrogens with zero attached hydrogens (tertiary/aromatic N) is 2. The fourth-order valence-electron chi connectivity index (χ4n) is 3.75. The Hall–Kier alpha value is -2.28. The smallest absolute Gasteiger partial charge is 0.253 e. The largest absolute Gasteiger partial charge is 0.399 e. The molecule has 1 aliphatic rings. The predicted octanol–water partition coefficient (Wildman–Crippen LogP) is 3.85. The third-order valence-corrected chi connectivity index (χ3v) is 5.56. The fourth-order valence-corrected chi connectivity index (χ4v) is 3.75. The highest BCUT2D eigenvalue weighted by atomic mass is 35.5. The minimum Gasteiger partial charge on any atom is -0.399 e. The number of hydrogen-bond donors (Lipinski definition) is 2. The van der Waals surface area contributed by atoms with Crippen LogP contribution in [0.15, 0.2) is 48.5 Å². The van der Waals surface area contributed by atoms with Gasteiger partial charge in [0.25, 0.3) is 5.91 Å². The normalized spacial score (nSPS) is 15.9. The maximum Gasteiger partial charge on any atom is 0.253 e. The van der Waals surface area contributed by atoms with Gasteiger partial charge in [0, 0.05) is 43.0 Å². The van der Waals surface area contributed by atoms with Crippen molar-refractivity contribution >= 4 is 48.0 Å². The van der Waals surface area contributed by atoms with Crippen molar-refractivity contribution in [1.82, 2.24) is 9.80 Å². The average Bonchev–Trinajstić information content (AvgIpc) is 2.72. The van der Waals surface area contributed by atoms with Crippen LogP contribution in [0.4, 0.5) is 11.4 Å². The summed E-state index contributed by atoms with van der Waals surface area (Å²) in [5, 5.41) is 2.88. The van der Waals surface area contributed by atoms with E-state index in [0.717, 1.165) is 31.5 Å². The highest BCUT2D eigenvalue weighted by Gasteiger charge is 2.25. The van der Waals surface area contributed by atoms with E-state index in [2.05, 4.69) is 17.3 Å². The molecular weight excluding hydrogens is 435 g/mol. The summed E-state index contributed by atoms with van der Waals surface area (Å²) in [5.74, 6) is -0.0579. The summed E-state index contributed by atoms with van der Waals surface area (Å²) >= 11 is 0. The van der Waals surface area contributed by atoms with Gasteiger partial charge in [-0.2, -0.15) is 0 Å². The number of aryl methyl sites for hydroxylation is 1. The number of benzene rings is 2. The molecule has 3 rings (SSSR count). The molecule has 2 amide bonds. The quantitative estimate of drug-likeness (QED) is 0.633. The zero-order valence-corrected chi connectivity index (χ0v) is 19.7. The third kappa shape index (κ3) is 7.42. The summed E-state index contributed by atoms with van der Waals surface area (Å²) in [7, 11) is 3.96. The van der Waals surface area contributed by atoms with E-state index in [-0.39, 0.29) is 42.7 Å². The molecule has 1 atom stereocenters. The molecule has 0 aromatic heterocycles. The van der Waals surface area contributed by atoms with Crippen LogP contribution in [-0.4, -0.2) is 54.8 Å². The number of carbonyl (C=O) groups is 2. The molecule has 0 aliphatic carbocycles. The van der Waals surface area contributed by atoms with Gasteiger partial charge in [0.15, 0.2) is 0 Å². The van der Waals surface area contributed by atoms with Crippen molar-refractivity contribution in [2.45, 2.75) is 31.7 Å². The molecule has 0 bridgehead atoms.